The van der Waals surface area contributed by atoms with Gasteiger partial charge in [0.15, 0.2) is 0 Å². The minimum atomic E-state index is -0.552. The fraction of sp³-hybridized carbons (Fsp3) is 1.00. The fourth-order valence-corrected chi connectivity index (χ4v) is 7.42. The SMILES string of the molecule is ON(O)OC12CC3C4CC5CC3C(C1)C(ON(O)O)(C5)C4C2. The molecule has 7 aliphatic rings. The molecule has 7 fully saturated rings. The summed E-state index contributed by atoms with van der Waals surface area (Å²) in [4.78, 5) is 11.0. The maximum atomic E-state index is 9.30. The molecule has 0 aromatic carbocycles. The number of hydrogen-bond acceptors (Lipinski definition) is 8. The van der Waals surface area contributed by atoms with Gasteiger partial charge in [0.1, 0.15) is 5.60 Å². The van der Waals surface area contributed by atoms with Crippen LogP contribution in [0.1, 0.15) is 38.5 Å². The van der Waals surface area contributed by atoms with Crippen molar-refractivity contribution in [3.63, 3.8) is 0 Å². The van der Waals surface area contributed by atoms with Gasteiger partial charge in [-0.1, -0.05) is 0 Å². The summed E-state index contributed by atoms with van der Waals surface area (Å²) in [5.41, 5.74) is -1.08. The zero-order valence-corrected chi connectivity index (χ0v) is 12.2. The summed E-state index contributed by atoms with van der Waals surface area (Å²) in [6.45, 7) is 0. The molecule has 7 aliphatic carbocycles. The van der Waals surface area contributed by atoms with E-state index >= 15 is 0 Å². The molecule has 0 spiro atoms. The van der Waals surface area contributed by atoms with E-state index < -0.39 is 11.2 Å². The molecule has 7 rings (SSSR count). The molecule has 124 valence electrons. The van der Waals surface area contributed by atoms with Gasteiger partial charge in [-0.25, -0.2) is 9.68 Å². The Morgan fingerprint density at radius 3 is 1.86 bits per heavy atom. The van der Waals surface area contributed by atoms with Gasteiger partial charge in [0.2, 0.25) is 0 Å². The second-order valence-corrected chi connectivity index (χ2v) is 8.18. The molecule has 4 N–H and O–H groups in total. The first kappa shape index (κ1) is 14.1. The Kier molecular flexibility index (Phi) is 2.68. The quantitative estimate of drug-likeness (QED) is 0.580. The van der Waals surface area contributed by atoms with Crippen LogP contribution in [0.15, 0.2) is 0 Å². The molecule has 0 amide bonds. The minimum absolute atomic E-state index is 0.109. The van der Waals surface area contributed by atoms with Gasteiger partial charge < -0.3 is 0 Å². The summed E-state index contributed by atoms with van der Waals surface area (Å²) in [6, 6.07) is 0. The fourth-order valence-electron chi connectivity index (χ4n) is 7.42. The molecule has 4 atom stereocenters. The Labute approximate surface area is 127 Å². The van der Waals surface area contributed by atoms with Crippen LogP contribution in [-0.2, 0) is 9.68 Å². The van der Waals surface area contributed by atoms with Crippen LogP contribution in [-0.4, -0.2) is 42.8 Å². The summed E-state index contributed by atoms with van der Waals surface area (Å²) in [7, 11) is 0. The lowest BCUT2D eigenvalue weighted by atomic mass is 9.33. The van der Waals surface area contributed by atoms with E-state index in [0.717, 1.165) is 12.8 Å². The molecule has 8 heteroatoms. The summed E-state index contributed by atoms with van der Waals surface area (Å²) in [5.74, 6) is 2.54. The first-order valence-electron chi connectivity index (χ1n) is 8.16. The molecule has 4 unspecified atom stereocenters. The number of rotatable bonds is 4. The largest absolute Gasteiger partial charge is 0.266 e. The van der Waals surface area contributed by atoms with Gasteiger partial charge in [-0.3, -0.25) is 20.8 Å². The standard InChI is InChI=1S/C14H22N2O6/c17-15(18)21-13-4-10-8-1-7-2-9(10)12(6-13)14(3-7,11(8)5-13)22-16(19)20/h7-12,17-20H,1-6H2. The molecule has 8 nitrogen and oxygen atoms in total. The van der Waals surface area contributed by atoms with E-state index in [2.05, 4.69) is 0 Å². The lowest BCUT2D eigenvalue weighted by molar-refractivity contribution is -0.565. The molecular weight excluding hydrogens is 292 g/mol. The zero-order valence-electron chi connectivity index (χ0n) is 12.2. The molecule has 0 aromatic heterocycles. The monoisotopic (exact) mass is 314 g/mol. The van der Waals surface area contributed by atoms with E-state index in [1.54, 1.807) is 0 Å². The third-order valence-electron chi connectivity index (χ3n) is 7.53. The normalized spacial score (nSPS) is 57.5. The van der Waals surface area contributed by atoms with Crippen LogP contribution in [0.4, 0.5) is 0 Å². The second-order valence-electron chi connectivity index (χ2n) is 8.18. The van der Waals surface area contributed by atoms with Crippen molar-refractivity contribution in [1.82, 2.24) is 10.8 Å². The van der Waals surface area contributed by atoms with E-state index in [-0.39, 0.29) is 22.6 Å². The van der Waals surface area contributed by atoms with Crippen LogP contribution in [0.5, 0.6) is 0 Å². The predicted molar refractivity (Wildman–Crippen MR) is 67.1 cm³/mol. The Balaban J connectivity index is 1.56. The van der Waals surface area contributed by atoms with Crippen molar-refractivity contribution in [2.24, 2.45) is 35.5 Å². The molecule has 0 aromatic rings. The molecule has 8 bridgehead atoms. The van der Waals surface area contributed by atoms with Crippen LogP contribution < -0.4 is 0 Å². The Hall–Kier alpha value is -0.320. The molecule has 0 heterocycles. The highest BCUT2D eigenvalue weighted by Gasteiger charge is 2.75. The Morgan fingerprint density at radius 2 is 1.32 bits per heavy atom. The molecular formula is C14H22N2O6. The highest BCUT2D eigenvalue weighted by atomic mass is 17.1. The zero-order chi connectivity index (χ0) is 15.3. The van der Waals surface area contributed by atoms with Gasteiger partial charge in [0, 0.05) is 0 Å². The summed E-state index contributed by atoms with van der Waals surface area (Å²) < 4.78 is 0. The van der Waals surface area contributed by atoms with Crippen LogP contribution in [0, 0.1) is 35.5 Å². The predicted octanol–water partition coefficient (Wildman–Crippen LogP) is 1.59. The van der Waals surface area contributed by atoms with Crippen LogP contribution in [0.2, 0.25) is 0 Å². The maximum Gasteiger partial charge on any atom is 0.102 e. The average molecular weight is 314 g/mol. The summed E-state index contributed by atoms with van der Waals surface area (Å²) in [5, 5.41) is 36.6. The van der Waals surface area contributed by atoms with Crippen molar-refractivity contribution < 1.29 is 30.5 Å². The highest BCUT2D eigenvalue weighted by molar-refractivity contribution is 5.23. The third-order valence-corrected chi connectivity index (χ3v) is 7.53. The van der Waals surface area contributed by atoms with Gasteiger partial charge in [-0.2, -0.15) is 0 Å². The first-order chi connectivity index (χ1) is 10.4. The Bertz CT molecular complexity index is 472. The first-order valence-corrected chi connectivity index (χ1v) is 8.16. The molecule has 7 saturated carbocycles. The summed E-state index contributed by atoms with van der Waals surface area (Å²) >= 11 is 0. The van der Waals surface area contributed by atoms with E-state index in [4.69, 9.17) is 20.1 Å². The lowest BCUT2D eigenvalue weighted by Gasteiger charge is -2.75. The van der Waals surface area contributed by atoms with Crippen molar-refractivity contribution in [2.75, 3.05) is 0 Å². The van der Waals surface area contributed by atoms with E-state index in [9.17, 15) is 10.4 Å². The maximum absolute atomic E-state index is 9.30. The van der Waals surface area contributed by atoms with Crippen LogP contribution in [0.25, 0.3) is 0 Å². The smallest absolute Gasteiger partial charge is 0.102 e. The van der Waals surface area contributed by atoms with E-state index in [0.29, 0.717) is 36.5 Å². The van der Waals surface area contributed by atoms with Crippen molar-refractivity contribution in [3.8, 4) is 0 Å². The highest BCUT2D eigenvalue weighted by Crippen LogP contribution is 2.74. The topological polar surface area (TPSA) is 106 Å². The van der Waals surface area contributed by atoms with Crippen molar-refractivity contribution in [1.29, 1.82) is 0 Å². The number of hydrogen-bond donors (Lipinski definition) is 4. The van der Waals surface area contributed by atoms with Crippen molar-refractivity contribution >= 4 is 0 Å². The van der Waals surface area contributed by atoms with Crippen LogP contribution in [0.3, 0.4) is 0 Å². The minimum Gasteiger partial charge on any atom is -0.266 e. The lowest BCUT2D eigenvalue weighted by Crippen LogP contribution is -2.76. The average Bonchev–Trinajstić information content (AvgIpc) is 2.42. The second kappa shape index (κ2) is 4.20. The number of nitrogens with zero attached hydrogens (tertiary/aromatic N) is 2. The van der Waals surface area contributed by atoms with Crippen LogP contribution >= 0.6 is 0 Å². The van der Waals surface area contributed by atoms with Crippen molar-refractivity contribution in [2.45, 2.75) is 49.7 Å². The van der Waals surface area contributed by atoms with Crippen molar-refractivity contribution in [3.05, 3.63) is 0 Å². The summed E-state index contributed by atoms with van der Waals surface area (Å²) in [6.07, 6.45) is 5.43. The van der Waals surface area contributed by atoms with Gasteiger partial charge in [-0.15, -0.1) is 0 Å². The van der Waals surface area contributed by atoms with Gasteiger partial charge in [0.05, 0.1) is 16.4 Å². The molecule has 0 aliphatic heterocycles. The van der Waals surface area contributed by atoms with Gasteiger partial charge in [-0.05, 0) is 74.0 Å². The molecule has 0 radical (unpaired) electrons. The third kappa shape index (κ3) is 1.59. The Morgan fingerprint density at radius 1 is 0.727 bits per heavy atom. The molecule has 0 saturated heterocycles. The van der Waals surface area contributed by atoms with Gasteiger partial charge >= 0.3 is 0 Å². The van der Waals surface area contributed by atoms with E-state index in [1.807, 2.05) is 0 Å². The van der Waals surface area contributed by atoms with E-state index in [1.165, 1.54) is 12.8 Å². The van der Waals surface area contributed by atoms with Gasteiger partial charge in [0.25, 0.3) is 0 Å². The molecule has 22 heavy (non-hydrogen) atoms.